The van der Waals surface area contributed by atoms with Crippen LogP contribution in [-0.2, 0) is 22.3 Å². The number of aryl methyl sites for hydroxylation is 1. The van der Waals surface area contributed by atoms with Gasteiger partial charge in [-0.05, 0) is 49.2 Å². The van der Waals surface area contributed by atoms with Crippen LogP contribution in [0.5, 0.6) is 0 Å². The number of halogens is 1. The highest BCUT2D eigenvalue weighted by Gasteiger charge is 2.29. The maximum atomic E-state index is 12.8. The van der Waals surface area contributed by atoms with Crippen LogP contribution in [0, 0.1) is 13.8 Å². The Balaban J connectivity index is 1.80. The first-order chi connectivity index (χ1) is 12.9. The van der Waals surface area contributed by atoms with Gasteiger partial charge in [-0.25, -0.2) is 4.68 Å². The van der Waals surface area contributed by atoms with Gasteiger partial charge in [-0.1, -0.05) is 34.1 Å². The van der Waals surface area contributed by atoms with Crippen molar-refractivity contribution in [3.63, 3.8) is 0 Å². The number of hydrogen-bond acceptors (Lipinski definition) is 3. The maximum Gasteiger partial charge on any atom is 0.256 e. The summed E-state index contributed by atoms with van der Waals surface area (Å²) in [5.41, 5.74) is 5.36. The van der Waals surface area contributed by atoms with E-state index in [2.05, 4.69) is 26.3 Å². The molecule has 0 fully saturated rings. The van der Waals surface area contributed by atoms with Gasteiger partial charge in [-0.3, -0.25) is 9.00 Å². The zero-order valence-electron chi connectivity index (χ0n) is 15.0. The zero-order valence-corrected chi connectivity index (χ0v) is 17.4. The van der Waals surface area contributed by atoms with E-state index in [1.54, 1.807) is 16.8 Å². The molecule has 138 valence electrons. The van der Waals surface area contributed by atoms with Crippen molar-refractivity contribution in [1.29, 1.82) is 0 Å². The molecule has 1 atom stereocenters. The third kappa shape index (κ3) is 3.37. The van der Waals surface area contributed by atoms with Gasteiger partial charge in [0, 0.05) is 26.4 Å². The summed E-state index contributed by atoms with van der Waals surface area (Å²) in [4.78, 5) is 12.8. The zero-order chi connectivity index (χ0) is 19.1. The lowest BCUT2D eigenvalue weighted by atomic mass is 10.1. The molecule has 5 nitrogen and oxygen atoms in total. The predicted molar refractivity (Wildman–Crippen MR) is 111 cm³/mol. The second kappa shape index (κ2) is 7.05. The highest BCUT2D eigenvalue weighted by molar-refractivity contribution is 9.10. The Kier molecular flexibility index (Phi) is 4.74. The van der Waals surface area contributed by atoms with Crippen LogP contribution in [0.4, 0.5) is 5.82 Å². The molecule has 0 saturated heterocycles. The second-order valence-electron chi connectivity index (χ2n) is 6.60. The molecule has 2 heterocycles. The molecule has 0 aliphatic carbocycles. The first kappa shape index (κ1) is 18.1. The largest absolute Gasteiger partial charge is 0.306 e. The van der Waals surface area contributed by atoms with E-state index >= 15 is 0 Å². The van der Waals surface area contributed by atoms with Crippen molar-refractivity contribution in [2.75, 3.05) is 5.32 Å². The van der Waals surface area contributed by atoms with Crippen LogP contribution in [0.15, 0.2) is 46.9 Å². The molecule has 7 heteroatoms. The summed E-state index contributed by atoms with van der Waals surface area (Å²) in [5.74, 6) is 1.22. The number of nitrogens with one attached hydrogen (secondary N) is 1. The normalized spacial score (nSPS) is 15.6. The molecular formula is C20H18BrN3O2S. The molecule has 0 saturated carbocycles. The Hall–Kier alpha value is -2.25. The average molecular weight is 444 g/mol. The van der Waals surface area contributed by atoms with Gasteiger partial charge in [0.1, 0.15) is 5.82 Å². The lowest BCUT2D eigenvalue weighted by Crippen LogP contribution is -2.17. The highest BCUT2D eigenvalue weighted by atomic mass is 79.9. The first-order valence-electron chi connectivity index (χ1n) is 8.53. The quantitative estimate of drug-likeness (QED) is 0.657. The number of aromatic nitrogens is 2. The molecule has 0 radical (unpaired) electrons. The Morgan fingerprint density at radius 2 is 1.96 bits per heavy atom. The van der Waals surface area contributed by atoms with E-state index in [9.17, 15) is 9.00 Å². The van der Waals surface area contributed by atoms with Crippen LogP contribution in [-0.4, -0.2) is 19.9 Å². The minimum atomic E-state index is -0.971. The monoisotopic (exact) mass is 443 g/mol. The molecule has 27 heavy (non-hydrogen) atoms. The molecule has 2 aromatic carbocycles. The number of fused-ring (bicyclic) bond motifs is 1. The van der Waals surface area contributed by atoms with Gasteiger partial charge in [0.2, 0.25) is 0 Å². The van der Waals surface area contributed by atoms with Crippen molar-refractivity contribution >= 4 is 38.5 Å². The van der Waals surface area contributed by atoms with Gasteiger partial charge in [-0.15, -0.1) is 0 Å². The van der Waals surface area contributed by atoms with Gasteiger partial charge in [0.25, 0.3) is 5.91 Å². The average Bonchev–Trinajstić information content (AvgIpc) is 3.14. The smallest absolute Gasteiger partial charge is 0.256 e. The van der Waals surface area contributed by atoms with E-state index in [1.165, 1.54) is 0 Å². The molecule has 0 bridgehead atoms. The van der Waals surface area contributed by atoms with Crippen LogP contribution in [0.1, 0.15) is 32.7 Å². The third-order valence-electron chi connectivity index (χ3n) is 4.79. The van der Waals surface area contributed by atoms with Gasteiger partial charge in [0.05, 0.1) is 22.9 Å². The molecule has 1 aliphatic rings. The van der Waals surface area contributed by atoms with E-state index < -0.39 is 10.8 Å². The number of carbonyl (C=O) groups excluding carboxylic acids is 1. The van der Waals surface area contributed by atoms with E-state index in [0.717, 1.165) is 32.5 Å². The van der Waals surface area contributed by atoms with Crippen LogP contribution < -0.4 is 5.32 Å². The number of anilines is 1. The van der Waals surface area contributed by atoms with E-state index in [-0.39, 0.29) is 5.91 Å². The summed E-state index contributed by atoms with van der Waals surface area (Å²) >= 11 is 3.40. The third-order valence-corrected chi connectivity index (χ3v) is 6.49. The van der Waals surface area contributed by atoms with E-state index in [1.807, 2.05) is 44.2 Å². The van der Waals surface area contributed by atoms with Gasteiger partial charge >= 0.3 is 0 Å². The molecule has 1 aliphatic heterocycles. The van der Waals surface area contributed by atoms with Crippen LogP contribution >= 0.6 is 15.9 Å². The molecule has 1 amide bonds. The molecular weight excluding hydrogens is 426 g/mol. The highest BCUT2D eigenvalue weighted by Crippen LogP contribution is 2.33. The fourth-order valence-electron chi connectivity index (χ4n) is 3.20. The molecule has 1 aromatic heterocycles. The summed E-state index contributed by atoms with van der Waals surface area (Å²) in [7, 11) is -0.971. The Bertz CT molecular complexity index is 1090. The van der Waals surface area contributed by atoms with Crippen molar-refractivity contribution in [3.05, 3.63) is 74.9 Å². The molecule has 3 aromatic rings. The van der Waals surface area contributed by atoms with Crippen LogP contribution in [0.2, 0.25) is 0 Å². The fourth-order valence-corrected chi connectivity index (χ4v) is 4.87. The SMILES string of the molecule is Cc1cccc(-n2nc3c(c2NC(=O)c2cccc(Br)c2)CS(=O)C3)c1C. The topological polar surface area (TPSA) is 64.0 Å². The predicted octanol–water partition coefficient (Wildman–Crippen LogP) is 4.27. The lowest BCUT2D eigenvalue weighted by molar-refractivity contribution is 0.102. The van der Waals surface area contributed by atoms with Crippen molar-refractivity contribution in [3.8, 4) is 5.69 Å². The molecule has 4 rings (SSSR count). The van der Waals surface area contributed by atoms with Gasteiger partial charge < -0.3 is 5.32 Å². The minimum absolute atomic E-state index is 0.219. The van der Waals surface area contributed by atoms with Crippen molar-refractivity contribution in [1.82, 2.24) is 9.78 Å². The summed E-state index contributed by atoms with van der Waals surface area (Å²) in [5, 5.41) is 7.68. The van der Waals surface area contributed by atoms with Crippen LogP contribution in [0.3, 0.4) is 0 Å². The number of carbonyl (C=O) groups is 1. The Morgan fingerprint density at radius 1 is 1.19 bits per heavy atom. The molecule has 1 N–H and O–H groups in total. The molecule has 0 spiro atoms. The van der Waals surface area contributed by atoms with E-state index in [0.29, 0.717) is 22.9 Å². The van der Waals surface area contributed by atoms with Crippen molar-refractivity contribution < 1.29 is 9.00 Å². The summed E-state index contributed by atoms with van der Waals surface area (Å²) in [6.07, 6.45) is 0. The van der Waals surface area contributed by atoms with Gasteiger partial charge in [-0.2, -0.15) is 5.10 Å². The summed E-state index contributed by atoms with van der Waals surface area (Å²) in [6, 6.07) is 13.2. The number of nitrogens with zero attached hydrogens (tertiary/aromatic N) is 2. The standard InChI is InChI=1S/C20H18BrN3O2S/c1-12-5-3-8-18(13(12)2)24-19(16-10-27(26)11-17(16)23-24)22-20(25)14-6-4-7-15(21)9-14/h3-9H,10-11H2,1-2H3,(H,22,25). The summed E-state index contributed by atoms with van der Waals surface area (Å²) in [6.45, 7) is 4.08. The number of amides is 1. The molecule has 1 unspecified atom stereocenters. The Morgan fingerprint density at radius 3 is 2.74 bits per heavy atom. The number of hydrogen-bond donors (Lipinski definition) is 1. The number of benzene rings is 2. The number of rotatable bonds is 3. The Labute approximate surface area is 168 Å². The maximum absolute atomic E-state index is 12.8. The lowest BCUT2D eigenvalue weighted by Gasteiger charge is -2.14. The van der Waals surface area contributed by atoms with Gasteiger partial charge in [0.15, 0.2) is 0 Å². The second-order valence-corrected chi connectivity index (χ2v) is 8.97. The van der Waals surface area contributed by atoms with Crippen LogP contribution in [0.25, 0.3) is 5.69 Å². The first-order valence-corrected chi connectivity index (χ1v) is 10.8. The minimum Gasteiger partial charge on any atom is -0.306 e. The van der Waals surface area contributed by atoms with E-state index in [4.69, 9.17) is 0 Å². The van der Waals surface area contributed by atoms with Crippen molar-refractivity contribution in [2.45, 2.75) is 25.4 Å². The van der Waals surface area contributed by atoms with Crippen molar-refractivity contribution in [2.24, 2.45) is 0 Å². The summed E-state index contributed by atoms with van der Waals surface area (Å²) < 4.78 is 14.6. The fraction of sp³-hybridized carbons (Fsp3) is 0.200.